The fourth-order valence-corrected chi connectivity index (χ4v) is 0.774. The molecule has 0 spiro atoms. The average Bonchev–Trinajstić information content (AvgIpc) is 2.03. The van der Waals surface area contributed by atoms with Gasteiger partial charge in [0.2, 0.25) is 5.78 Å². The first-order chi connectivity index (χ1) is 5.66. The summed E-state index contributed by atoms with van der Waals surface area (Å²) in [5, 5.41) is 2.88. The van der Waals surface area contributed by atoms with Gasteiger partial charge in [0.15, 0.2) is 6.29 Å². The summed E-state index contributed by atoms with van der Waals surface area (Å²) in [6.45, 7) is 1.93. The topological polar surface area (TPSA) is 49.4 Å². The molecule has 0 rings (SSSR count). The molecule has 70 valence electrons. The van der Waals surface area contributed by atoms with Gasteiger partial charge in [-0.2, -0.15) is 0 Å². The number of rotatable bonds is 7. The number of aldehydes is 1. The van der Waals surface area contributed by atoms with Crippen LogP contribution < -0.4 is 5.32 Å². The predicted molar refractivity (Wildman–Crippen MR) is 47.1 cm³/mol. The lowest BCUT2D eigenvalue weighted by Gasteiger charge is -2.08. The molecule has 0 aliphatic carbocycles. The predicted octanol–water partition coefficient (Wildman–Crippen LogP) is -0.704. The molecule has 0 aliphatic heterocycles. The summed E-state index contributed by atoms with van der Waals surface area (Å²) in [6, 6.07) is 0. The van der Waals surface area contributed by atoms with E-state index in [0.29, 0.717) is 6.29 Å². The van der Waals surface area contributed by atoms with Crippen molar-refractivity contribution in [3.8, 4) is 0 Å². The minimum atomic E-state index is -0.389. The quantitative estimate of drug-likeness (QED) is 0.313. The van der Waals surface area contributed by atoms with E-state index in [1.54, 1.807) is 0 Å². The van der Waals surface area contributed by atoms with E-state index in [-0.39, 0.29) is 12.3 Å². The summed E-state index contributed by atoms with van der Waals surface area (Å²) < 4.78 is 0. The first-order valence-electron chi connectivity index (χ1n) is 4.00. The van der Waals surface area contributed by atoms with Crippen LogP contribution in [0.5, 0.6) is 0 Å². The molecule has 12 heavy (non-hydrogen) atoms. The molecule has 0 bridgehead atoms. The summed E-state index contributed by atoms with van der Waals surface area (Å²) in [6.07, 6.45) is 1.33. The van der Waals surface area contributed by atoms with E-state index in [4.69, 9.17) is 0 Å². The Morgan fingerprint density at radius 2 is 2.17 bits per heavy atom. The van der Waals surface area contributed by atoms with Crippen molar-refractivity contribution in [2.24, 2.45) is 0 Å². The summed E-state index contributed by atoms with van der Waals surface area (Å²) in [5.41, 5.74) is 0. The Morgan fingerprint density at radius 1 is 1.50 bits per heavy atom. The maximum atomic E-state index is 10.5. The Labute approximate surface area is 72.9 Å². The van der Waals surface area contributed by atoms with Crippen molar-refractivity contribution < 1.29 is 9.59 Å². The molecule has 4 heteroatoms. The number of carbonyl (C=O) groups is 2. The summed E-state index contributed by atoms with van der Waals surface area (Å²) in [5.74, 6) is -0.389. The molecular weight excluding hydrogens is 156 g/mol. The van der Waals surface area contributed by atoms with Crippen molar-refractivity contribution in [3.05, 3.63) is 0 Å². The molecule has 0 fully saturated rings. The molecule has 0 atom stereocenters. The standard InChI is InChI=1S/C8H16N2O2/c1-10(2)5-3-4-9-6-8(12)7-11/h7,9H,3-6H2,1-2H3. The highest BCUT2D eigenvalue weighted by atomic mass is 16.2. The van der Waals surface area contributed by atoms with Crippen molar-refractivity contribution >= 4 is 12.1 Å². The third-order valence-corrected chi connectivity index (χ3v) is 1.39. The van der Waals surface area contributed by atoms with Crippen molar-refractivity contribution in [1.82, 2.24) is 10.2 Å². The van der Waals surface area contributed by atoms with Crippen LogP contribution >= 0.6 is 0 Å². The lowest BCUT2D eigenvalue weighted by molar-refractivity contribution is -0.129. The lowest BCUT2D eigenvalue weighted by atomic mass is 10.4. The Bertz CT molecular complexity index is 146. The van der Waals surface area contributed by atoms with Crippen LogP contribution in [-0.4, -0.2) is 50.7 Å². The number of nitrogens with one attached hydrogen (secondary N) is 1. The zero-order chi connectivity index (χ0) is 9.40. The van der Waals surface area contributed by atoms with E-state index >= 15 is 0 Å². The van der Waals surface area contributed by atoms with Gasteiger partial charge in [-0.05, 0) is 33.6 Å². The molecular formula is C8H16N2O2. The maximum Gasteiger partial charge on any atom is 0.208 e. The maximum absolute atomic E-state index is 10.5. The van der Waals surface area contributed by atoms with Gasteiger partial charge in [-0.3, -0.25) is 9.59 Å². The van der Waals surface area contributed by atoms with E-state index in [1.807, 2.05) is 14.1 Å². The van der Waals surface area contributed by atoms with Gasteiger partial charge in [0.25, 0.3) is 0 Å². The molecule has 0 aromatic carbocycles. The summed E-state index contributed by atoms with van der Waals surface area (Å²) in [4.78, 5) is 22.4. The van der Waals surface area contributed by atoms with Crippen LogP contribution in [-0.2, 0) is 9.59 Å². The normalized spacial score (nSPS) is 10.2. The number of hydrogen-bond donors (Lipinski definition) is 1. The first-order valence-corrected chi connectivity index (χ1v) is 4.00. The van der Waals surface area contributed by atoms with Gasteiger partial charge in [-0.15, -0.1) is 0 Å². The molecule has 0 amide bonds. The molecule has 4 nitrogen and oxygen atoms in total. The van der Waals surface area contributed by atoms with Gasteiger partial charge < -0.3 is 10.2 Å². The molecule has 0 saturated heterocycles. The SMILES string of the molecule is CN(C)CCCNCC(=O)C=O. The van der Waals surface area contributed by atoms with Gasteiger partial charge in [-0.25, -0.2) is 0 Å². The summed E-state index contributed by atoms with van der Waals surface area (Å²) >= 11 is 0. The minimum Gasteiger partial charge on any atom is -0.310 e. The number of nitrogens with zero attached hydrogens (tertiary/aromatic N) is 1. The summed E-state index contributed by atoms with van der Waals surface area (Å²) in [7, 11) is 3.99. The largest absolute Gasteiger partial charge is 0.310 e. The second-order valence-corrected chi connectivity index (χ2v) is 2.92. The molecule has 0 saturated carbocycles. The zero-order valence-corrected chi connectivity index (χ0v) is 7.67. The van der Waals surface area contributed by atoms with Gasteiger partial charge in [0, 0.05) is 0 Å². The van der Waals surface area contributed by atoms with Gasteiger partial charge in [0.1, 0.15) is 0 Å². The Morgan fingerprint density at radius 3 is 2.67 bits per heavy atom. The highest BCUT2D eigenvalue weighted by Gasteiger charge is 1.96. The monoisotopic (exact) mass is 172 g/mol. The van der Waals surface area contributed by atoms with Crippen molar-refractivity contribution in [2.75, 3.05) is 33.7 Å². The molecule has 0 aromatic heterocycles. The third-order valence-electron chi connectivity index (χ3n) is 1.39. The van der Waals surface area contributed by atoms with Gasteiger partial charge in [-0.1, -0.05) is 0 Å². The second-order valence-electron chi connectivity index (χ2n) is 2.92. The molecule has 0 radical (unpaired) electrons. The lowest BCUT2D eigenvalue weighted by Crippen LogP contribution is -2.26. The fourth-order valence-electron chi connectivity index (χ4n) is 0.774. The Balaban J connectivity index is 3.11. The average molecular weight is 172 g/mol. The number of carbonyl (C=O) groups excluding carboxylic acids is 2. The second kappa shape index (κ2) is 6.94. The zero-order valence-electron chi connectivity index (χ0n) is 7.67. The van der Waals surface area contributed by atoms with Crippen LogP contribution in [0.2, 0.25) is 0 Å². The first kappa shape index (κ1) is 11.3. The van der Waals surface area contributed by atoms with Gasteiger partial charge in [0.05, 0.1) is 6.54 Å². The Kier molecular flexibility index (Phi) is 6.51. The van der Waals surface area contributed by atoms with E-state index in [0.717, 1.165) is 19.5 Å². The fraction of sp³-hybridized carbons (Fsp3) is 0.750. The van der Waals surface area contributed by atoms with Crippen LogP contribution in [0, 0.1) is 0 Å². The third kappa shape index (κ3) is 7.37. The van der Waals surface area contributed by atoms with E-state index in [1.165, 1.54) is 0 Å². The van der Waals surface area contributed by atoms with Crippen LogP contribution in [0.15, 0.2) is 0 Å². The molecule has 1 N–H and O–H groups in total. The van der Waals surface area contributed by atoms with Crippen molar-refractivity contribution in [2.45, 2.75) is 6.42 Å². The molecule has 0 unspecified atom stereocenters. The smallest absolute Gasteiger partial charge is 0.208 e. The van der Waals surface area contributed by atoms with Crippen molar-refractivity contribution in [3.63, 3.8) is 0 Å². The van der Waals surface area contributed by atoms with Crippen LogP contribution in [0.1, 0.15) is 6.42 Å². The van der Waals surface area contributed by atoms with Crippen LogP contribution in [0.25, 0.3) is 0 Å². The Hall–Kier alpha value is -0.740. The van der Waals surface area contributed by atoms with Crippen molar-refractivity contribution in [1.29, 1.82) is 0 Å². The highest BCUT2D eigenvalue weighted by Crippen LogP contribution is 1.79. The van der Waals surface area contributed by atoms with Crippen LogP contribution in [0.4, 0.5) is 0 Å². The van der Waals surface area contributed by atoms with E-state index in [2.05, 4.69) is 10.2 Å². The number of hydrogen-bond acceptors (Lipinski definition) is 4. The molecule has 0 aromatic rings. The molecule has 0 aliphatic rings. The minimum absolute atomic E-state index is 0.164. The number of ketones is 1. The highest BCUT2D eigenvalue weighted by molar-refractivity contribution is 6.25. The van der Waals surface area contributed by atoms with E-state index < -0.39 is 0 Å². The van der Waals surface area contributed by atoms with Gasteiger partial charge >= 0.3 is 0 Å². The number of Topliss-reactive ketones (excluding diaryl/α,β-unsaturated/α-hetero) is 1. The molecule has 0 heterocycles. The van der Waals surface area contributed by atoms with Crippen LogP contribution in [0.3, 0.4) is 0 Å². The van der Waals surface area contributed by atoms with E-state index in [9.17, 15) is 9.59 Å².